The SMILES string of the molecule is CC1C(C)N(c2cccc(Cl)c2)CCN1C(=O)c1ccc([S+]([O-])CC(=O)c2ccc(C#N)cc2)c(Cl)c1. The van der Waals surface area contributed by atoms with Crippen molar-refractivity contribution in [2.24, 2.45) is 0 Å². The molecule has 1 saturated heterocycles. The Hall–Kier alpha value is -3.02. The first-order chi connectivity index (χ1) is 17.7. The minimum atomic E-state index is -1.69. The highest BCUT2D eigenvalue weighted by atomic mass is 35.5. The molecule has 37 heavy (non-hydrogen) atoms. The van der Waals surface area contributed by atoms with E-state index in [-0.39, 0.29) is 34.5 Å². The highest BCUT2D eigenvalue weighted by Crippen LogP contribution is 2.29. The quantitative estimate of drug-likeness (QED) is 0.293. The molecule has 190 valence electrons. The Balaban J connectivity index is 1.44. The lowest BCUT2D eigenvalue weighted by Gasteiger charge is -2.46. The molecule has 0 radical (unpaired) electrons. The zero-order valence-electron chi connectivity index (χ0n) is 20.4. The number of hydrogen-bond donors (Lipinski definition) is 0. The Morgan fingerprint density at radius 1 is 1.00 bits per heavy atom. The predicted octanol–water partition coefficient (Wildman–Crippen LogP) is 5.59. The first-order valence-corrected chi connectivity index (χ1v) is 13.8. The minimum absolute atomic E-state index is 0.0617. The maximum absolute atomic E-state index is 13.4. The lowest BCUT2D eigenvalue weighted by atomic mass is 10.0. The van der Waals surface area contributed by atoms with Crippen LogP contribution in [-0.4, -0.2) is 52.1 Å². The van der Waals surface area contributed by atoms with E-state index in [4.69, 9.17) is 28.5 Å². The van der Waals surface area contributed by atoms with Gasteiger partial charge in [-0.3, -0.25) is 9.59 Å². The number of rotatable bonds is 6. The number of benzene rings is 3. The Bertz CT molecular complexity index is 1360. The molecule has 1 aliphatic heterocycles. The van der Waals surface area contributed by atoms with Crippen molar-refractivity contribution in [1.29, 1.82) is 5.26 Å². The molecule has 1 heterocycles. The molecule has 4 rings (SSSR count). The minimum Gasteiger partial charge on any atom is -0.611 e. The fourth-order valence-corrected chi connectivity index (χ4v) is 6.12. The second-order valence-corrected chi connectivity index (χ2v) is 11.2. The predicted molar refractivity (Wildman–Crippen MR) is 147 cm³/mol. The van der Waals surface area contributed by atoms with E-state index in [0.29, 0.717) is 39.7 Å². The van der Waals surface area contributed by atoms with Gasteiger partial charge in [-0.15, -0.1) is 0 Å². The van der Waals surface area contributed by atoms with Crippen LogP contribution in [0.25, 0.3) is 0 Å². The number of piperazine rings is 1. The van der Waals surface area contributed by atoms with E-state index in [1.807, 2.05) is 42.2 Å². The number of ketones is 1. The average Bonchev–Trinajstić information content (AvgIpc) is 2.89. The first-order valence-electron chi connectivity index (χ1n) is 11.7. The molecular formula is C28H25Cl2N3O3S. The Morgan fingerprint density at radius 3 is 2.35 bits per heavy atom. The molecule has 0 saturated carbocycles. The molecule has 0 bridgehead atoms. The van der Waals surface area contributed by atoms with Crippen LogP contribution in [0.4, 0.5) is 5.69 Å². The highest BCUT2D eigenvalue weighted by Gasteiger charge is 2.34. The summed E-state index contributed by atoms with van der Waals surface area (Å²) in [5, 5.41) is 9.74. The molecule has 9 heteroatoms. The summed E-state index contributed by atoms with van der Waals surface area (Å²) in [6, 6.07) is 20.5. The molecule has 0 N–H and O–H groups in total. The number of nitriles is 1. The fraction of sp³-hybridized carbons (Fsp3) is 0.250. The van der Waals surface area contributed by atoms with Crippen LogP contribution in [0.5, 0.6) is 0 Å². The lowest BCUT2D eigenvalue weighted by Crippen LogP contribution is -2.59. The molecule has 1 fully saturated rings. The smallest absolute Gasteiger partial charge is 0.254 e. The summed E-state index contributed by atoms with van der Waals surface area (Å²) in [5.41, 5.74) is 2.23. The largest absolute Gasteiger partial charge is 0.611 e. The molecule has 6 nitrogen and oxygen atoms in total. The number of Topliss-reactive ketones (excluding diaryl/α,β-unsaturated/α-hetero) is 1. The van der Waals surface area contributed by atoms with Gasteiger partial charge in [0.15, 0.2) is 10.6 Å². The van der Waals surface area contributed by atoms with Crippen LogP contribution in [0.1, 0.15) is 40.1 Å². The van der Waals surface area contributed by atoms with Crippen molar-refractivity contribution >= 4 is 51.8 Å². The summed E-state index contributed by atoms with van der Waals surface area (Å²) in [5.74, 6) is -0.726. The third kappa shape index (κ3) is 5.94. The average molecular weight is 554 g/mol. The monoisotopic (exact) mass is 553 g/mol. The summed E-state index contributed by atoms with van der Waals surface area (Å²) < 4.78 is 12.9. The van der Waals surface area contributed by atoms with Gasteiger partial charge in [-0.2, -0.15) is 5.26 Å². The number of nitrogens with zero attached hydrogens (tertiary/aromatic N) is 3. The summed E-state index contributed by atoms with van der Waals surface area (Å²) in [7, 11) is 0. The summed E-state index contributed by atoms with van der Waals surface area (Å²) in [6.45, 7) is 5.28. The van der Waals surface area contributed by atoms with Crippen molar-refractivity contribution < 1.29 is 14.1 Å². The molecule has 3 unspecified atom stereocenters. The van der Waals surface area contributed by atoms with Gasteiger partial charge in [-0.25, -0.2) is 0 Å². The van der Waals surface area contributed by atoms with E-state index in [0.717, 1.165) is 5.69 Å². The topological polar surface area (TPSA) is 87.5 Å². The maximum atomic E-state index is 13.4. The molecule has 0 aliphatic carbocycles. The summed E-state index contributed by atoms with van der Waals surface area (Å²) >= 11 is 10.9. The van der Waals surface area contributed by atoms with Gasteiger partial charge in [0.05, 0.1) is 16.7 Å². The third-order valence-electron chi connectivity index (χ3n) is 6.69. The van der Waals surface area contributed by atoms with Crippen molar-refractivity contribution in [3.8, 4) is 6.07 Å². The molecule has 3 aromatic rings. The van der Waals surface area contributed by atoms with Crippen LogP contribution in [0, 0.1) is 11.3 Å². The molecule has 1 amide bonds. The van der Waals surface area contributed by atoms with E-state index >= 15 is 0 Å². The van der Waals surface area contributed by atoms with Gasteiger partial charge in [0.2, 0.25) is 5.78 Å². The second-order valence-electron chi connectivity index (χ2n) is 8.90. The van der Waals surface area contributed by atoms with Crippen molar-refractivity contribution in [3.63, 3.8) is 0 Å². The normalized spacial score (nSPS) is 18.3. The van der Waals surface area contributed by atoms with Crippen molar-refractivity contribution in [3.05, 3.63) is 93.5 Å². The van der Waals surface area contributed by atoms with Gasteiger partial charge in [-0.05, 0) is 85.7 Å². The molecule has 0 spiro atoms. The Kier molecular flexibility index (Phi) is 8.46. The van der Waals surface area contributed by atoms with E-state index in [1.165, 1.54) is 18.2 Å². The van der Waals surface area contributed by atoms with Crippen LogP contribution in [0.2, 0.25) is 10.0 Å². The number of halogens is 2. The van der Waals surface area contributed by atoms with Gasteiger partial charge in [-0.1, -0.05) is 29.3 Å². The maximum Gasteiger partial charge on any atom is 0.254 e. The fourth-order valence-electron chi connectivity index (χ4n) is 4.44. The van der Waals surface area contributed by atoms with Gasteiger partial charge < -0.3 is 14.4 Å². The molecule has 0 aromatic heterocycles. The van der Waals surface area contributed by atoms with Crippen LogP contribution in [-0.2, 0) is 11.2 Å². The van der Waals surface area contributed by atoms with Crippen LogP contribution < -0.4 is 4.90 Å². The van der Waals surface area contributed by atoms with Crippen molar-refractivity contribution in [2.45, 2.75) is 30.8 Å². The van der Waals surface area contributed by atoms with Crippen molar-refractivity contribution in [1.82, 2.24) is 4.90 Å². The van der Waals surface area contributed by atoms with Crippen LogP contribution in [0.3, 0.4) is 0 Å². The number of amides is 1. The highest BCUT2D eigenvalue weighted by molar-refractivity contribution is 7.92. The summed E-state index contributed by atoms with van der Waals surface area (Å²) in [6.07, 6.45) is 0. The molecule has 1 aliphatic rings. The van der Waals surface area contributed by atoms with E-state index < -0.39 is 11.2 Å². The number of anilines is 1. The Morgan fingerprint density at radius 2 is 1.70 bits per heavy atom. The number of carbonyl (C=O) groups is 2. The van der Waals surface area contributed by atoms with Crippen molar-refractivity contribution in [2.75, 3.05) is 23.7 Å². The second kappa shape index (κ2) is 11.6. The lowest BCUT2D eigenvalue weighted by molar-refractivity contribution is 0.0634. The van der Waals surface area contributed by atoms with Gasteiger partial charge in [0.1, 0.15) is 0 Å². The standard InChI is InChI=1S/C28H25Cl2N3O3S/c1-18-19(2)33(13-12-32(18)24-5-3-4-23(29)15-24)28(35)22-10-11-27(25(30)14-22)37(36)17-26(34)21-8-6-20(16-31)7-9-21/h3-11,14-15,18-19H,12-13,17H2,1-2H3. The first kappa shape index (κ1) is 27.0. The Labute approximate surface area is 229 Å². The zero-order chi connectivity index (χ0) is 26.7. The zero-order valence-corrected chi connectivity index (χ0v) is 22.7. The van der Waals surface area contributed by atoms with Crippen LogP contribution in [0.15, 0.2) is 71.6 Å². The van der Waals surface area contributed by atoms with Gasteiger partial charge >= 0.3 is 0 Å². The summed E-state index contributed by atoms with van der Waals surface area (Å²) in [4.78, 5) is 30.3. The molecule has 3 aromatic carbocycles. The number of carbonyl (C=O) groups excluding carboxylic acids is 2. The third-order valence-corrected chi connectivity index (χ3v) is 8.72. The molecular weight excluding hydrogens is 529 g/mol. The van der Waals surface area contributed by atoms with Crippen LogP contribution >= 0.6 is 23.2 Å². The number of hydrogen-bond acceptors (Lipinski definition) is 5. The van der Waals surface area contributed by atoms with E-state index in [2.05, 4.69) is 11.8 Å². The van der Waals surface area contributed by atoms with E-state index in [1.54, 1.807) is 24.3 Å². The van der Waals surface area contributed by atoms with E-state index in [9.17, 15) is 14.1 Å². The molecule has 3 atom stereocenters. The van der Waals surface area contributed by atoms with Gasteiger partial charge in [0, 0.05) is 47.0 Å². The van der Waals surface area contributed by atoms with Gasteiger partial charge in [0.25, 0.3) is 5.91 Å².